The number of anilines is 1. The van der Waals surface area contributed by atoms with Crippen LogP contribution < -0.4 is 14.4 Å². The van der Waals surface area contributed by atoms with Gasteiger partial charge in [0.15, 0.2) is 11.5 Å². The lowest BCUT2D eigenvalue weighted by molar-refractivity contribution is -0.159. The van der Waals surface area contributed by atoms with Gasteiger partial charge >= 0.3 is 11.9 Å². The van der Waals surface area contributed by atoms with Gasteiger partial charge in [-0.1, -0.05) is 24.3 Å². The summed E-state index contributed by atoms with van der Waals surface area (Å²) in [7, 11) is 4.15. The lowest BCUT2D eigenvalue weighted by Crippen LogP contribution is -2.42. The average molecular weight is 454 g/mol. The number of carbonyl (C=O) groups excluding carboxylic acids is 1. The number of hydrogen-bond acceptors (Lipinski definition) is 6. The smallest absolute Gasteiger partial charge is 0.414 e. The molecule has 2 N–H and O–H groups in total. The Hall–Kier alpha value is -3.85. The van der Waals surface area contributed by atoms with Crippen molar-refractivity contribution in [2.45, 2.75) is 6.42 Å². The largest absolute Gasteiger partial charge is 0.473 e. The van der Waals surface area contributed by atoms with Crippen molar-refractivity contribution in [3.05, 3.63) is 59.7 Å². The molecule has 9 nitrogen and oxygen atoms in total. The quantitative estimate of drug-likeness (QED) is 0.534. The van der Waals surface area contributed by atoms with Crippen LogP contribution in [0.15, 0.2) is 48.5 Å². The minimum atomic E-state index is -1.82. The van der Waals surface area contributed by atoms with Crippen LogP contribution in [0.5, 0.6) is 11.5 Å². The summed E-state index contributed by atoms with van der Waals surface area (Å²) in [5.74, 6) is -1.75. The zero-order valence-electron chi connectivity index (χ0n) is 18.4. The number of rotatable bonds is 4. The van der Waals surface area contributed by atoms with E-state index in [0.717, 1.165) is 42.3 Å². The first-order valence-electron chi connectivity index (χ1n) is 10.3. The Labute approximate surface area is 191 Å². The zero-order chi connectivity index (χ0) is 24.0. The molecule has 1 unspecified atom stereocenters. The van der Waals surface area contributed by atoms with Crippen molar-refractivity contribution in [1.29, 1.82) is 0 Å². The highest BCUT2D eigenvalue weighted by atomic mass is 16.7. The standard InChI is InChI=1S/C22H24N2O3.C2H2O4/c1-23(2)13-17-11-18-5-3-4-6-19(18)24(14-17)22(25)10-8-16-7-9-20-21(12-16)27-15-26-20;3-1(4)2(5)6/h3-10,12,17H,11,13-15H2,1-2H3;(H,3,4)(H,5,6). The van der Waals surface area contributed by atoms with E-state index < -0.39 is 11.9 Å². The Kier molecular flexibility index (Phi) is 7.68. The average Bonchev–Trinajstić information content (AvgIpc) is 3.24. The number of carboxylic acids is 2. The first-order valence-corrected chi connectivity index (χ1v) is 10.3. The van der Waals surface area contributed by atoms with Crippen LogP contribution in [0.25, 0.3) is 6.08 Å². The van der Waals surface area contributed by atoms with E-state index in [1.807, 2.05) is 47.4 Å². The Morgan fingerprint density at radius 1 is 1.06 bits per heavy atom. The molecule has 33 heavy (non-hydrogen) atoms. The van der Waals surface area contributed by atoms with Crippen molar-refractivity contribution >= 4 is 29.6 Å². The van der Waals surface area contributed by atoms with Gasteiger partial charge in [0.2, 0.25) is 6.79 Å². The molecule has 9 heteroatoms. The lowest BCUT2D eigenvalue weighted by atomic mass is 9.92. The van der Waals surface area contributed by atoms with Crippen LogP contribution in [-0.4, -0.2) is 66.9 Å². The van der Waals surface area contributed by atoms with Crippen LogP contribution in [0.1, 0.15) is 11.1 Å². The van der Waals surface area contributed by atoms with Crippen molar-refractivity contribution in [1.82, 2.24) is 4.90 Å². The fraction of sp³-hybridized carbons (Fsp3) is 0.292. The SMILES string of the molecule is CN(C)CC1Cc2ccccc2N(C(=O)C=Cc2ccc3c(c2)OCO3)C1.O=C(O)C(=O)O. The third-order valence-corrected chi connectivity index (χ3v) is 5.12. The second-order valence-electron chi connectivity index (χ2n) is 7.97. The number of hydrogen-bond donors (Lipinski definition) is 2. The molecule has 0 aliphatic carbocycles. The summed E-state index contributed by atoms with van der Waals surface area (Å²) in [5.41, 5.74) is 3.18. The lowest BCUT2D eigenvalue weighted by Gasteiger charge is -2.35. The summed E-state index contributed by atoms with van der Waals surface area (Å²) in [6.07, 6.45) is 4.48. The fourth-order valence-electron chi connectivity index (χ4n) is 3.80. The molecule has 0 radical (unpaired) electrons. The summed E-state index contributed by atoms with van der Waals surface area (Å²) in [6, 6.07) is 13.9. The minimum Gasteiger partial charge on any atom is -0.473 e. The molecular formula is C24H26N2O7. The van der Waals surface area contributed by atoms with Crippen molar-refractivity contribution in [2.75, 3.05) is 38.9 Å². The topological polar surface area (TPSA) is 117 Å². The zero-order valence-corrected chi connectivity index (χ0v) is 18.4. The number of amides is 1. The van der Waals surface area contributed by atoms with Gasteiger partial charge in [0, 0.05) is 24.9 Å². The van der Waals surface area contributed by atoms with Crippen LogP contribution in [0, 0.1) is 5.92 Å². The molecule has 0 fully saturated rings. The predicted octanol–water partition coefficient (Wildman–Crippen LogP) is 2.35. The monoisotopic (exact) mass is 454 g/mol. The molecule has 174 valence electrons. The number of carbonyl (C=O) groups is 3. The van der Waals surface area contributed by atoms with Crippen LogP contribution in [0.4, 0.5) is 5.69 Å². The molecule has 2 aromatic carbocycles. The highest BCUT2D eigenvalue weighted by Crippen LogP contribution is 2.33. The molecule has 0 spiro atoms. The molecule has 0 saturated heterocycles. The molecule has 2 heterocycles. The molecule has 4 rings (SSSR count). The molecule has 0 saturated carbocycles. The van der Waals surface area contributed by atoms with Crippen LogP contribution >= 0.6 is 0 Å². The van der Waals surface area contributed by atoms with Crippen molar-refractivity contribution < 1.29 is 34.1 Å². The summed E-state index contributed by atoms with van der Waals surface area (Å²) < 4.78 is 10.7. The molecule has 2 aliphatic heterocycles. The molecule has 2 aliphatic rings. The summed E-state index contributed by atoms with van der Waals surface area (Å²) in [4.78, 5) is 35.3. The van der Waals surface area contributed by atoms with Crippen LogP contribution in [0.2, 0.25) is 0 Å². The maximum absolute atomic E-state index is 13.0. The third kappa shape index (κ3) is 6.33. The van der Waals surface area contributed by atoms with Crippen LogP contribution in [0.3, 0.4) is 0 Å². The Morgan fingerprint density at radius 3 is 2.45 bits per heavy atom. The number of fused-ring (bicyclic) bond motifs is 2. The molecule has 0 aromatic heterocycles. The maximum atomic E-state index is 13.0. The summed E-state index contributed by atoms with van der Waals surface area (Å²) in [5, 5.41) is 14.8. The first kappa shape index (κ1) is 23.8. The van der Waals surface area contributed by atoms with E-state index in [1.54, 1.807) is 6.08 Å². The number of para-hydroxylation sites is 1. The Bertz CT molecular complexity index is 1050. The number of carboxylic acid groups (broad SMARTS) is 2. The molecule has 2 aromatic rings. The van der Waals surface area contributed by atoms with Gasteiger partial charge in [-0.05, 0) is 61.8 Å². The van der Waals surface area contributed by atoms with Crippen molar-refractivity contribution in [3.63, 3.8) is 0 Å². The third-order valence-electron chi connectivity index (χ3n) is 5.12. The second kappa shape index (κ2) is 10.6. The normalized spacial score (nSPS) is 16.2. The minimum absolute atomic E-state index is 0.00331. The Balaban J connectivity index is 0.000000454. The van der Waals surface area contributed by atoms with E-state index in [1.165, 1.54) is 5.56 Å². The Morgan fingerprint density at radius 2 is 1.76 bits per heavy atom. The fourth-order valence-corrected chi connectivity index (χ4v) is 3.80. The van der Waals surface area contributed by atoms with Gasteiger partial charge in [-0.2, -0.15) is 0 Å². The van der Waals surface area contributed by atoms with E-state index >= 15 is 0 Å². The van der Waals surface area contributed by atoms with E-state index in [4.69, 9.17) is 29.3 Å². The van der Waals surface area contributed by atoms with Crippen molar-refractivity contribution in [2.24, 2.45) is 5.92 Å². The van der Waals surface area contributed by atoms with Gasteiger partial charge < -0.3 is 29.5 Å². The summed E-state index contributed by atoms with van der Waals surface area (Å²) >= 11 is 0. The highest BCUT2D eigenvalue weighted by molar-refractivity contribution is 6.27. The van der Waals surface area contributed by atoms with Gasteiger partial charge in [-0.25, -0.2) is 9.59 Å². The van der Waals surface area contributed by atoms with Gasteiger partial charge in [-0.3, -0.25) is 4.79 Å². The molecule has 1 atom stereocenters. The number of aliphatic carboxylic acids is 2. The summed E-state index contributed by atoms with van der Waals surface area (Å²) in [6.45, 7) is 1.95. The van der Waals surface area contributed by atoms with Gasteiger partial charge in [0.05, 0.1) is 0 Å². The van der Waals surface area contributed by atoms with E-state index in [-0.39, 0.29) is 12.7 Å². The van der Waals surface area contributed by atoms with Gasteiger partial charge in [0.1, 0.15) is 0 Å². The molecular weight excluding hydrogens is 428 g/mol. The number of ether oxygens (including phenoxy) is 2. The number of nitrogens with zero attached hydrogens (tertiary/aromatic N) is 2. The highest BCUT2D eigenvalue weighted by Gasteiger charge is 2.27. The van der Waals surface area contributed by atoms with E-state index in [0.29, 0.717) is 5.92 Å². The second-order valence-corrected chi connectivity index (χ2v) is 7.97. The maximum Gasteiger partial charge on any atom is 0.414 e. The first-order chi connectivity index (χ1) is 15.7. The van der Waals surface area contributed by atoms with Crippen LogP contribution in [-0.2, 0) is 20.8 Å². The molecule has 1 amide bonds. The molecule has 0 bridgehead atoms. The predicted molar refractivity (Wildman–Crippen MR) is 121 cm³/mol. The van der Waals surface area contributed by atoms with E-state index in [2.05, 4.69) is 25.1 Å². The van der Waals surface area contributed by atoms with E-state index in [9.17, 15) is 4.79 Å². The number of benzene rings is 2. The van der Waals surface area contributed by atoms with Gasteiger partial charge in [0.25, 0.3) is 5.91 Å². The van der Waals surface area contributed by atoms with Crippen molar-refractivity contribution in [3.8, 4) is 11.5 Å². The van der Waals surface area contributed by atoms with Gasteiger partial charge in [-0.15, -0.1) is 0 Å².